The minimum atomic E-state index is -0.757. The van der Waals surface area contributed by atoms with Gasteiger partial charge < -0.3 is 5.11 Å². The molecule has 0 aliphatic carbocycles. The van der Waals surface area contributed by atoms with Crippen molar-refractivity contribution in [3.63, 3.8) is 0 Å². The van der Waals surface area contributed by atoms with Gasteiger partial charge >= 0.3 is 5.97 Å². The van der Waals surface area contributed by atoms with Crippen molar-refractivity contribution in [2.24, 2.45) is 0 Å². The van der Waals surface area contributed by atoms with Crippen molar-refractivity contribution >= 4 is 40.0 Å². The molecule has 0 fully saturated rings. The summed E-state index contributed by atoms with van der Waals surface area (Å²) in [4.78, 5) is 20.9. The topological polar surface area (TPSA) is 63.1 Å². The Morgan fingerprint density at radius 3 is 2.82 bits per heavy atom. The van der Waals surface area contributed by atoms with Gasteiger partial charge in [-0.15, -0.1) is 23.1 Å². The number of para-hydroxylation sites is 1. The predicted molar refractivity (Wildman–Crippen MR) is 90.4 cm³/mol. The SMILES string of the molecule is O=C(O)CCCSc1nc(-c2cccs2)nc2ccccc12. The van der Waals surface area contributed by atoms with Crippen molar-refractivity contribution < 1.29 is 9.90 Å². The number of aliphatic carboxylic acids is 1. The molecule has 0 atom stereocenters. The predicted octanol–water partition coefficient (Wildman–Crippen LogP) is 4.32. The zero-order valence-electron chi connectivity index (χ0n) is 11.7. The molecule has 0 aliphatic rings. The fraction of sp³-hybridized carbons (Fsp3) is 0.188. The third kappa shape index (κ3) is 3.45. The summed E-state index contributed by atoms with van der Waals surface area (Å²) in [7, 11) is 0. The van der Waals surface area contributed by atoms with Gasteiger partial charge in [0.05, 0.1) is 10.4 Å². The van der Waals surface area contributed by atoms with E-state index in [1.807, 2.05) is 41.8 Å². The van der Waals surface area contributed by atoms with E-state index in [0.29, 0.717) is 6.42 Å². The molecule has 0 saturated carbocycles. The highest BCUT2D eigenvalue weighted by Gasteiger charge is 2.10. The van der Waals surface area contributed by atoms with Gasteiger partial charge in [-0.1, -0.05) is 24.3 Å². The monoisotopic (exact) mass is 330 g/mol. The van der Waals surface area contributed by atoms with Crippen LogP contribution in [0.3, 0.4) is 0 Å². The largest absolute Gasteiger partial charge is 0.481 e. The van der Waals surface area contributed by atoms with Gasteiger partial charge in [0.25, 0.3) is 0 Å². The van der Waals surface area contributed by atoms with Gasteiger partial charge in [0.15, 0.2) is 5.82 Å². The quantitative estimate of drug-likeness (QED) is 0.414. The average molecular weight is 330 g/mol. The highest BCUT2D eigenvalue weighted by atomic mass is 32.2. The van der Waals surface area contributed by atoms with E-state index < -0.39 is 5.97 Å². The second-order valence-corrected chi connectivity index (χ2v) is 6.72. The van der Waals surface area contributed by atoms with Crippen LogP contribution in [0.2, 0.25) is 0 Å². The molecule has 3 rings (SSSR count). The third-order valence-electron chi connectivity index (χ3n) is 3.08. The Balaban J connectivity index is 1.91. The summed E-state index contributed by atoms with van der Waals surface area (Å²) in [5, 5.41) is 12.7. The molecule has 0 spiro atoms. The number of benzene rings is 1. The molecule has 0 radical (unpaired) electrons. The van der Waals surface area contributed by atoms with Gasteiger partial charge in [0, 0.05) is 17.6 Å². The van der Waals surface area contributed by atoms with Crippen molar-refractivity contribution in [2.45, 2.75) is 17.9 Å². The molecule has 0 aliphatic heterocycles. The zero-order chi connectivity index (χ0) is 15.4. The Labute approximate surface area is 136 Å². The number of carboxylic acids is 1. The summed E-state index contributed by atoms with van der Waals surface area (Å²) in [6.45, 7) is 0. The van der Waals surface area contributed by atoms with Crippen LogP contribution < -0.4 is 0 Å². The summed E-state index contributed by atoms with van der Waals surface area (Å²) >= 11 is 3.21. The lowest BCUT2D eigenvalue weighted by Gasteiger charge is -2.07. The standard InChI is InChI=1S/C16H14N2O2S2/c19-14(20)8-4-10-22-16-11-5-1-2-6-12(11)17-15(18-16)13-7-3-9-21-13/h1-3,5-7,9H,4,8,10H2,(H,19,20). The molecule has 3 aromatic rings. The molecule has 1 N–H and O–H groups in total. The Hall–Kier alpha value is -1.92. The first-order valence-corrected chi connectivity index (χ1v) is 8.76. The summed E-state index contributed by atoms with van der Waals surface area (Å²) in [6.07, 6.45) is 0.820. The van der Waals surface area contributed by atoms with Crippen molar-refractivity contribution in [1.82, 2.24) is 9.97 Å². The van der Waals surface area contributed by atoms with E-state index >= 15 is 0 Å². The second kappa shape index (κ2) is 6.89. The van der Waals surface area contributed by atoms with E-state index in [-0.39, 0.29) is 6.42 Å². The highest BCUT2D eigenvalue weighted by molar-refractivity contribution is 7.99. The zero-order valence-corrected chi connectivity index (χ0v) is 13.4. The van der Waals surface area contributed by atoms with E-state index in [9.17, 15) is 4.79 Å². The Morgan fingerprint density at radius 1 is 1.18 bits per heavy atom. The Kier molecular flexibility index (Phi) is 4.70. The molecule has 0 bridgehead atoms. The Bertz CT molecular complexity index is 788. The smallest absolute Gasteiger partial charge is 0.303 e. The molecule has 6 heteroatoms. The van der Waals surface area contributed by atoms with Crippen molar-refractivity contribution in [3.8, 4) is 10.7 Å². The first-order valence-electron chi connectivity index (χ1n) is 6.89. The van der Waals surface area contributed by atoms with Gasteiger partial charge in [-0.05, 0) is 23.9 Å². The minimum Gasteiger partial charge on any atom is -0.481 e. The summed E-state index contributed by atoms with van der Waals surface area (Å²) in [5.41, 5.74) is 0.918. The molecule has 0 saturated heterocycles. The number of thiophene rings is 1. The third-order valence-corrected chi connectivity index (χ3v) is 5.03. The number of thioether (sulfide) groups is 1. The molecule has 112 valence electrons. The number of fused-ring (bicyclic) bond motifs is 1. The van der Waals surface area contributed by atoms with Crippen LogP contribution in [0.5, 0.6) is 0 Å². The normalized spacial score (nSPS) is 10.9. The fourth-order valence-corrected chi connectivity index (χ4v) is 3.68. The van der Waals surface area contributed by atoms with Gasteiger partial charge in [0.2, 0.25) is 0 Å². The van der Waals surface area contributed by atoms with Crippen molar-refractivity contribution in [1.29, 1.82) is 0 Å². The summed E-state index contributed by atoms with van der Waals surface area (Å²) in [5.74, 6) is 0.707. The van der Waals surface area contributed by atoms with Crippen LogP contribution >= 0.6 is 23.1 Å². The maximum absolute atomic E-state index is 10.6. The van der Waals surface area contributed by atoms with Crippen LogP contribution in [0.4, 0.5) is 0 Å². The van der Waals surface area contributed by atoms with E-state index in [0.717, 1.165) is 32.4 Å². The van der Waals surface area contributed by atoms with E-state index in [4.69, 9.17) is 5.11 Å². The van der Waals surface area contributed by atoms with Crippen molar-refractivity contribution in [2.75, 3.05) is 5.75 Å². The van der Waals surface area contributed by atoms with Gasteiger partial charge in [-0.25, -0.2) is 9.97 Å². The number of rotatable bonds is 6. The molecule has 2 heterocycles. The maximum Gasteiger partial charge on any atom is 0.303 e. The molecule has 22 heavy (non-hydrogen) atoms. The van der Waals surface area contributed by atoms with E-state index in [2.05, 4.69) is 9.97 Å². The average Bonchev–Trinajstić information content (AvgIpc) is 3.05. The summed E-state index contributed by atoms with van der Waals surface area (Å²) < 4.78 is 0. The van der Waals surface area contributed by atoms with Crippen LogP contribution in [-0.2, 0) is 4.79 Å². The summed E-state index contributed by atoms with van der Waals surface area (Å²) in [6, 6.07) is 11.9. The number of hydrogen-bond acceptors (Lipinski definition) is 5. The number of carboxylic acid groups (broad SMARTS) is 1. The molecule has 2 aromatic heterocycles. The highest BCUT2D eigenvalue weighted by Crippen LogP contribution is 2.30. The molecule has 0 unspecified atom stereocenters. The van der Waals surface area contributed by atoms with E-state index in [1.54, 1.807) is 23.1 Å². The maximum atomic E-state index is 10.6. The first-order chi connectivity index (χ1) is 10.7. The van der Waals surface area contributed by atoms with Gasteiger partial charge in [-0.3, -0.25) is 4.79 Å². The molecular weight excluding hydrogens is 316 g/mol. The van der Waals surface area contributed by atoms with Crippen LogP contribution in [0.25, 0.3) is 21.6 Å². The fourth-order valence-electron chi connectivity index (χ4n) is 2.07. The lowest BCUT2D eigenvalue weighted by atomic mass is 10.2. The minimum absolute atomic E-state index is 0.188. The van der Waals surface area contributed by atoms with Gasteiger partial charge in [0.1, 0.15) is 5.03 Å². The lowest BCUT2D eigenvalue weighted by Crippen LogP contribution is -1.96. The van der Waals surface area contributed by atoms with Crippen LogP contribution in [0, 0.1) is 0 Å². The number of hydrogen-bond donors (Lipinski definition) is 1. The lowest BCUT2D eigenvalue weighted by molar-refractivity contribution is -0.137. The number of carbonyl (C=O) groups is 1. The van der Waals surface area contributed by atoms with E-state index in [1.165, 1.54) is 0 Å². The molecule has 4 nitrogen and oxygen atoms in total. The van der Waals surface area contributed by atoms with Crippen LogP contribution in [0.1, 0.15) is 12.8 Å². The molecule has 0 amide bonds. The number of aromatic nitrogens is 2. The first kappa shape index (κ1) is 15.0. The molecular formula is C16H14N2O2S2. The Morgan fingerprint density at radius 2 is 2.05 bits per heavy atom. The number of nitrogens with zero attached hydrogens (tertiary/aromatic N) is 2. The van der Waals surface area contributed by atoms with Crippen LogP contribution in [0.15, 0.2) is 46.8 Å². The van der Waals surface area contributed by atoms with Crippen molar-refractivity contribution in [3.05, 3.63) is 41.8 Å². The molecule has 1 aromatic carbocycles. The second-order valence-electron chi connectivity index (χ2n) is 4.69. The van der Waals surface area contributed by atoms with Gasteiger partial charge in [-0.2, -0.15) is 0 Å². The van der Waals surface area contributed by atoms with Crippen LogP contribution in [-0.4, -0.2) is 26.8 Å².